The molecule has 0 saturated heterocycles. The molecule has 1 heterocycles. The van der Waals surface area contributed by atoms with E-state index in [2.05, 4.69) is 5.32 Å². The van der Waals surface area contributed by atoms with Gasteiger partial charge in [0.1, 0.15) is 23.1 Å². The third-order valence-corrected chi connectivity index (χ3v) is 3.51. The maximum atomic E-state index is 12.4. The molecule has 0 unspecified atom stereocenters. The molecule has 0 radical (unpaired) electrons. The van der Waals surface area contributed by atoms with Crippen LogP contribution in [0.3, 0.4) is 0 Å². The van der Waals surface area contributed by atoms with E-state index in [1.807, 2.05) is 0 Å². The van der Waals surface area contributed by atoms with Crippen molar-refractivity contribution in [3.63, 3.8) is 0 Å². The van der Waals surface area contributed by atoms with Crippen LogP contribution in [0.4, 0.5) is 0 Å². The first kappa shape index (κ1) is 16.3. The Morgan fingerprint density at radius 2 is 2.00 bits per heavy atom. The van der Waals surface area contributed by atoms with Crippen molar-refractivity contribution in [2.75, 3.05) is 7.11 Å². The number of aromatic hydroxyl groups is 1. The second-order valence-corrected chi connectivity index (χ2v) is 4.98. The number of benzene rings is 1. The van der Waals surface area contributed by atoms with E-state index >= 15 is 0 Å². The smallest absolute Gasteiger partial charge is 0.325 e. The van der Waals surface area contributed by atoms with Crippen LogP contribution in [-0.2, 0) is 11.8 Å². The number of carboxylic acids is 1. The van der Waals surface area contributed by atoms with E-state index in [9.17, 15) is 19.5 Å². The molecule has 0 aliphatic rings. The van der Waals surface area contributed by atoms with E-state index in [0.29, 0.717) is 11.3 Å². The van der Waals surface area contributed by atoms with E-state index in [4.69, 9.17) is 9.84 Å². The zero-order chi connectivity index (χ0) is 17.3. The summed E-state index contributed by atoms with van der Waals surface area (Å²) in [6.07, 6.45) is 0. The van der Waals surface area contributed by atoms with Gasteiger partial charge in [0.2, 0.25) is 0 Å². The zero-order valence-electron chi connectivity index (χ0n) is 12.8. The number of nitrogens with one attached hydrogen (secondary N) is 1. The third-order valence-electron chi connectivity index (χ3n) is 3.51. The summed E-state index contributed by atoms with van der Waals surface area (Å²) < 4.78 is 6.34. The van der Waals surface area contributed by atoms with Crippen LogP contribution in [0.25, 0.3) is 10.9 Å². The largest absolute Gasteiger partial charge is 0.506 e. The van der Waals surface area contributed by atoms with Crippen LogP contribution in [0, 0.1) is 0 Å². The molecule has 8 heteroatoms. The lowest BCUT2D eigenvalue weighted by Gasteiger charge is -2.15. The SMILES string of the molecule is COc1cccc2c(O)c(C(=O)N[C@@H](C)C(=O)O)c(=O)n(C)c12. The summed E-state index contributed by atoms with van der Waals surface area (Å²) in [5.74, 6) is -2.36. The molecular formula is C15H16N2O6. The quantitative estimate of drug-likeness (QED) is 0.753. The van der Waals surface area contributed by atoms with Crippen molar-refractivity contribution in [3.8, 4) is 11.5 Å². The van der Waals surface area contributed by atoms with Gasteiger partial charge in [0, 0.05) is 12.4 Å². The lowest BCUT2D eigenvalue weighted by Crippen LogP contribution is -2.41. The molecule has 0 spiro atoms. The molecule has 0 fully saturated rings. The van der Waals surface area contributed by atoms with Gasteiger partial charge in [0.15, 0.2) is 0 Å². The Labute approximate surface area is 130 Å². The Morgan fingerprint density at radius 1 is 1.35 bits per heavy atom. The predicted octanol–water partition coefficient (Wildman–Crippen LogP) is 0.456. The Hall–Kier alpha value is -3.03. The molecule has 0 aliphatic heterocycles. The Bertz CT molecular complexity index is 855. The molecular weight excluding hydrogens is 304 g/mol. The summed E-state index contributed by atoms with van der Waals surface area (Å²) in [4.78, 5) is 35.4. The molecule has 3 N–H and O–H groups in total. The number of para-hydroxylation sites is 1. The monoisotopic (exact) mass is 320 g/mol. The van der Waals surface area contributed by atoms with Gasteiger partial charge in [0.05, 0.1) is 12.6 Å². The number of carbonyl (C=O) groups excluding carboxylic acids is 1. The van der Waals surface area contributed by atoms with E-state index in [1.54, 1.807) is 12.1 Å². The highest BCUT2D eigenvalue weighted by Crippen LogP contribution is 2.31. The highest BCUT2D eigenvalue weighted by Gasteiger charge is 2.25. The Balaban J connectivity index is 2.70. The van der Waals surface area contributed by atoms with Gasteiger partial charge < -0.3 is 24.8 Å². The van der Waals surface area contributed by atoms with Crippen molar-refractivity contribution in [1.29, 1.82) is 0 Å². The van der Waals surface area contributed by atoms with Gasteiger partial charge in [-0.15, -0.1) is 0 Å². The topological polar surface area (TPSA) is 118 Å². The number of aryl methyl sites for hydroxylation is 1. The predicted molar refractivity (Wildman–Crippen MR) is 82.0 cm³/mol. The maximum Gasteiger partial charge on any atom is 0.325 e. The van der Waals surface area contributed by atoms with Crippen LogP contribution in [0.15, 0.2) is 23.0 Å². The van der Waals surface area contributed by atoms with Crippen molar-refractivity contribution in [2.45, 2.75) is 13.0 Å². The number of hydrogen-bond acceptors (Lipinski definition) is 5. The number of fused-ring (bicyclic) bond motifs is 1. The average Bonchev–Trinajstić information content (AvgIpc) is 2.51. The number of rotatable bonds is 4. The lowest BCUT2D eigenvalue weighted by molar-refractivity contribution is -0.138. The molecule has 122 valence electrons. The van der Waals surface area contributed by atoms with Crippen LogP contribution in [0.1, 0.15) is 17.3 Å². The van der Waals surface area contributed by atoms with Gasteiger partial charge in [-0.05, 0) is 19.1 Å². The Morgan fingerprint density at radius 3 is 2.57 bits per heavy atom. The number of nitrogens with zero attached hydrogens (tertiary/aromatic N) is 1. The van der Waals surface area contributed by atoms with Crippen LogP contribution in [0.5, 0.6) is 11.5 Å². The van der Waals surface area contributed by atoms with Crippen molar-refractivity contribution in [2.24, 2.45) is 7.05 Å². The lowest BCUT2D eigenvalue weighted by atomic mass is 10.1. The van der Waals surface area contributed by atoms with E-state index in [-0.39, 0.29) is 5.39 Å². The van der Waals surface area contributed by atoms with Gasteiger partial charge in [-0.3, -0.25) is 14.4 Å². The summed E-state index contributed by atoms with van der Waals surface area (Å²) in [7, 11) is 2.86. The summed E-state index contributed by atoms with van der Waals surface area (Å²) >= 11 is 0. The van der Waals surface area contributed by atoms with E-state index in [0.717, 1.165) is 0 Å². The molecule has 1 atom stereocenters. The maximum absolute atomic E-state index is 12.4. The molecule has 1 aromatic heterocycles. The molecule has 2 rings (SSSR count). The summed E-state index contributed by atoms with van der Waals surface area (Å²) in [6, 6.07) is 3.55. The van der Waals surface area contributed by atoms with Crippen molar-refractivity contribution < 1.29 is 24.5 Å². The second-order valence-electron chi connectivity index (χ2n) is 4.98. The minimum absolute atomic E-state index is 0.250. The Kier molecular flexibility index (Phi) is 4.26. The van der Waals surface area contributed by atoms with Crippen molar-refractivity contribution >= 4 is 22.8 Å². The molecule has 1 amide bonds. The van der Waals surface area contributed by atoms with Crippen molar-refractivity contribution in [3.05, 3.63) is 34.1 Å². The third kappa shape index (κ3) is 2.70. The first-order valence-electron chi connectivity index (χ1n) is 6.72. The number of hydrogen-bond donors (Lipinski definition) is 3. The molecule has 23 heavy (non-hydrogen) atoms. The number of aromatic nitrogens is 1. The van der Waals surface area contributed by atoms with Gasteiger partial charge in [-0.2, -0.15) is 0 Å². The standard InChI is InChI=1S/C15H16N2O6/c1-7(15(21)22)16-13(19)10-12(18)8-5-4-6-9(23-3)11(8)17(2)14(10)20/h4-7,18H,1-3H3,(H,16,19)(H,21,22)/t7-/m0/s1. The fourth-order valence-corrected chi connectivity index (χ4v) is 2.26. The number of methoxy groups -OCH3 is 1. The van der Waals surface area contributed by atoms with Gasteiger partial charge in [0.25, 0.3) is 11.5 Å². The first-order valence-corrected chi connectivity index (χ1v) is 6.72. The minimum atomic E-state index is -1.25. The highest BCUT2D eigenvalue weighted by molar-refractivity contribution is 6.04. The number of amides is 1. The second kappa shape index (κ2) is 5.99. The van der Waals surface area contributed by atoms with E-state index < -0.39 is 34.8 Å². The van der Waals surface area contributed by atoms with Crippen LogP contribution < -0.4 is 15.6 Å². The van der Waals surface area contributed by atoms with Crippen LogP contribution in [-0.4, -0.2) is 39.8 Å². The van der Waals surface area contributed by atoms with Gasteiger partial charge >= 0.3 is 5.97 Å². The summed E-state index contributed by atoms with van der Waals surface area (Å²) in [5.41, 5.74) is -0.934. The number of ether oxygens (including phenoxy) is 1. The molecule has 1 aromatic carbocycles. The number of carbonyl (C=O) groups is 2. The van der Waals surface area contributed by atoms with E-state index in [1.165, 1.54) is 31.7 Å². The van der Waals surface area contributed by atoms with Crippen molar-refractivity contribution in [1.82, 2.24) is 9.88 Å². The van der Waals surface area contributed by atoms with Gasteiger partial charge in [-0.25, -0.2) is 0 Å². The molecule has 2 aromatic rings. The number of carboxylic acid groups (broad SMARTS) is 1. The molecule has 0 saturated carbocycles. The van der Waals surface area contributed by atoms with Gasteiger partial charge in [-0.1, -0.05) is 6.07 Å². The fraction of sp³-hybridized carbons (Fsp3) is 0.267. The number of pyridine rings is 1. The average molecular weight is 320 g/mol. The van der Waals surface area contributed by atoms with Crippen LogP contribution in [0.2, 0.25) is 0 Å². The molecule has 0 aliphatic carbocycles. The summed E-state index contributed by atoms with van der Waals surface area (Å²) in [5, 5.41) is 21.6. The zero-order valence-corrected chi connectivity index (χ0v) is 12.8. The minimum Gasteiger partial charge on any atom is -0.506 e. The van der Waals surface area contributed by atoms with Crippen LogP contribution >= 0.6 is 0 Å². The normalized spacial score (nSPS) is 12.0. The number of aliphatic carboxylic acids is 1. The first-order chi connectivity index (χ1) is 10.8. The molecule has 8 nitrogen and oxygen atoms in total. The molecule has 0 bridgehead atoms. The highest BCUT2D eigenvalue weighted by atomic mass is 16.5. The fourth-order valence-electron chi connectivity index (χ4n) is 2.26. The summed E-state index contributed by atoms with van der Waals surface area (Å²) in [6.45, 7) is 1.26.